The van der Waals surface area contributed by atoms with Crippen LogP contribution in [0.4, 0.5) is 5.69 Å². The van der Waals surface area contributed by atoms with Crippen LogP contribution in [-0.2, 0) is 0 Å². The molecular weight excluding hydrogens is 340 g/mol. The molecule has 0 saturated carbocycles. The Morgan fingerprint density at radius 1 is 1.52 bits per heavy atom. The van der Waals surface area contributed by atoms with E-state index in [0.29, 0.717) is 12.1 Å². The van der Waals surface area contributed by atoms with Crippen molar-refractivity contribution in [2.75, 3.05) is 19.0 Å². The maximum Gasteiger partial charge on any atom is 0.311 e. The average molecular weight is 357 g/mol. The third-order valence-corrected chi connectivity index (χ3v) is 4.44. The number of nitro benzene ring substituents is 1. The fourth-order valence-electron chi connectivity index (χ4n) is 2.56. The third kappa shape index (κ3) is 3.34. The largest absolute Gasteiger partial charge is 0.490 e. The number of nitro groups is 1. The molecule has 0 radical (unpaired) electrons. The predicted molar refractivity (Wildman–Crippen MR) is 82.1 cm³/mol. The molecular formula is C14H17BrN2O4. The van der Waals surface area contributed by atoms with E-state index >= 15 is 0 Å². The van der Waals surface area contributed by atoms with Crippen LogP contribution in [0.5, 0.6) is 5.75 Å². The molecule has 0 spiro atoms. The number of amides is 1. The highest BCUT2D eigenvalue weighted by Gasteiger charge is 2.28. The van der Waals surface area contributed by atoms with Crippen molar-refractivity contribution in [1.29, 1.82) is 0 Å². The van der Waals surface area contributed by atoms with Crippen LogP contribution in [0.2, 0.25) is 0 Å². The lowest BCUT2D eigenvalue weighted by molar-refractivity contribution is -0.385. The lowest BCUT2D eigenvalue weighted by atomic mass is 10.0. The summed E-state index contributed by atoms with van der Waals surface area (Å²) < 4.78 is 4.96. The Hall–Kier alpha value is -1.63. The van der Waals surface area contributed by atoms with Gasteiger partial charge in [-0.3, -0.25) is 14.9 Å². The van der Waals surface area contributed by atoms with Crippen LogP contribution in [0.15, 0.2) is 18.2 Å². The molecule has 2 rings (SSSR count). The summed E-state index contributed by atoms with van der Waals surface area (Å²) in [5.41, 5.74) is 0.145. The van der Waals surface area contributed by atoms with E-state index in [0.717, 1.165) is 24.6 Å². The monoisotopic (exact) mass is 356 g/mol. The normalized spacial score (nSPS) is 18.4. The molecule has 7 heteroatoms. The summed E-state index contributed by atoms with van der Waals surface area (Å²) in [5.74, 6) is -0.00265. The minimum atomic E-state index is -0.534. The molecule has 1 unspecified atom stereocenters. The number of halogens is 1. The lowest BCUT2D eigenvalue weighted by Gasteiger charge is -2.34. The highest BCUT2D eigenvalue weighted by Crippen LogP contribution is 2.29. The second kappa shape index (κ2) is 6.89. The van der Waals surface area contributed by atoms with Crippen LogP contribution >= 0.6 is 15.9 Å². The molecule has 1 aliphatic heterocycles. The number of piperidine rings is 1. The number of likely N-dealkylation sites (tertiary alicyclic amines) is 1. The molecule has 0 N–H and O–H groups in total. The van der Waals surface area contributed by atoms with Gasteiger partial charge >= 0.3 is 5.69 Å². The van der Waals surface area contributed by atoms with Gasteiger partial charge in [0, 0.05) is 29.5 Å². The summed E-state index contributed by atoms with van der Waals surface area (Å²) in [5, 5.41) is 11.8. The van der Waals surface area contributed by atoms with Gasteiger partial charge in [-0.2, -0.15) is 0 Å². The lowest BCUT2D eigenvalue weighted by Crippen LogP contribution is -2.44. The van der Waals surface area contributed by atoms with E-state index in [4.69, 9.17) is 4.74 Å². The fraction of sp³-hybridized carbons (Fsp3) is 0.500. The van der Waals surface area contributed by atoms with Gasteiger partial charge in [-0.25, -0.2) is 0 Å². The molecule has 1 heterocycles. The first-order valence-electron chi connectivity index (χ1n) is 6.78. The SMILES string of the molecule is COc1ccc(C(=O)N2CCCCC2CBr)cc1[N+](=O)[O-]. The maximum absolute atomic E-state index is 12.6. The number of rotatable bonds is 4. The quantitative estimate of drug-likeness (QED) is 0.472. The first-order valence-corrected chi connectivity index (χ1v) is 7.90. The molecule has 6 nitrogen and oxygen atoms in total. The van der Waals surface area contributed by atoms with Crippen LogP contribution in [-0.4, -0.2) is 40.8 Å². The zero-order valence-electron chi connectivity index (χ0n) is 11.8. The maximum atomic E-state index is 12.6. The van der Waals surface area contributed by atoms with E-state index in [1.54, 1.807) is 11.0 Å². The van der Waals surface area contributed by atoms with Crippen LogP contribution in [0, 0.1) is 10.1 Å². The van der Waals surface area contributed by atoms with Gasteiger partial charge in [-0.15, -0.1) is 0 Å². The van der Waals surface area contributed by atoms with Gasteiger partial charge in [0.25, 0.3) is 5.91 Å². The van der Waals surface area contributed by atoms with Gasteiger partial charge in [-0.1, -0.05) is 15.9 Å². The number of benzene rings is 1. The van der Waals surface area contributed by atoms with Gasteiger partial charge in [0.05, 0.1) is 12.0 Å². The first-order chi connectivity index (χ1) is 10.1. The van der Waals surface area contributed by atoms with Crippen molar-refractivity contribution >= 4 is 27.5 Å². The molecule has 21 heavy (non-hydrogen) atoms. The van der Waals surface area contributed by atoms with Crippen molar-refractivity contribution in [3.05, 3.63) is 33.9 Å². The Morgan fingerprint density at radius 2 is 2.29 bits per heavy atom. The number of nitrogens with zero attached hydrogens (tertiary/aromatic N) is 2. The summed E-state index contributed by atoms with van der Waals surface area (Å²) >= 11 is 3.43. The van der Waals surface area contributed by atoms with Crippen molar-refractivity contribution in [1.82, 2.24) is 4.90 Å². The van der Waals surface area contributed by atoms with Gasteiger partial charge in [-0.05, 0) is 31.4 Å². The van der Waals surface area contributed by atoms with Crippen molar-refractivity contribution in [2.45, 2.75) is 25.3 Å². The highest BCUT2D eigenvalue weighted by molar-refractivity contribution is 9.09. The molecule has 1 saturated heterocycles. The van der Waals surface area contributed by atoms with E-state index in [1.165, 1.54) is 19.2 Å². The van der Waals surface area contributed by atoms with Crippen molar-refractivity contribution < 1.29 is 14.5 Å². The molecule has 1 aromatic rings. The van der Waals surface area contributed by atoms with Crippen molar-refractivity contribution in [2.24, 2.45) is 0 Å². The topological polar surface area (TPSA) is 72.7 Å². The first kappa shape index (κ1) is 15.8. The Kier molecular flexibility index (Phi) is 5.17. The minimum Gasteiger partial charge on any atom is -0.490 e. The summed E-state index contributed by atoms with van der Waals surface area (Å²) in [4.78, 5) is 24.9. The summed E-state index contributed by atoms with van der Waals surface area (Å²) in [6.45, 7) is 0.689. The average Bonchev–Trinajstić information content (AvgIpc) is 2.53. The summed E-state index contributed by atoms with van der Waals surface area (Å²) in [6, 6.07) is 4.49. The van der Waals surface area contributed by atoms with E-state index in [-0.39, 0.29) is 23.4 Å². The number of hydrogen-bond acceptors (Lipinski definition) is 4. The second-order valence-electron chi connectivity index (χ2n) is 4.95. The van der Waals surface area contributed by atoms with Gasteiger partial charge in [0.2, 0.25) is 0 Å². The third-order valence-electron chi connectivity index (χ3n) is 3.69. The second-order valence-corrected chi connectivity index (χ2v) is 5.59. The predicted octanol–water partition coefficient (Wildman–Crippen LogP) is 2.99. The number of carbonyl (C=O) groups is 1. The molecule has 1 amide bonds. The summed E-state index contributed by atoms with van der Waals surface area (Å²) in [7, 11) is 1.37. The Balaban J connectivity index is 2.30. The fourth-order valence-corrected chi connectivity index (χ4v) is 3.23. The van der Waals surface area contributed by atoms with Gasteiger partial charge < -0.3 is 9.64 Å². The molecule has 114 valence electrons. The van der Waals surface area contributed by atoms with Crippen molar-refractivity contribution in [3.63, 3.8) is 0 Å². The van der Waals surface area contributed by atoms with Crippen LogP contribution < -0.4 is 4.74 Å². The zero-order valence-corrected chi connectivity index (χ0v) is 13.3. The smallest absolute Gasteiger partial charge is 0.311 e. The molecule has 0 bridgehead atoms. The van der Waals surface area contributed by atoms with Gasteiger partial charge in [0.15, 0.2) is 5.75 Å². The van der Waals surface area contributed by atoms with Gasteiger partial charge in [0.1, 0.15) is 0 Å². The number of ether oxygens (including phenoxy) is 1. The molecule has 1 atom stereocenters. The zero-order chi connectivity index (χ0) is 15.4. The number of methoxy groups -OCH3 is 1. The number of alkyl halides is 1. The van der Waals surface area contributed by atoms with Crippen LogP contribution in [0.1, 0.15) is 29.6 Å². The van der Waals surface area contributed by atoms with Crippen LogP contribution in [0.25, 0.3) is 0 Å². The standard InChI is InChI=1S/C14H17BrN2O4/c1-21-13-6-5-10(8-12(13)17(19)20)14(18)16-7-3-2-4-11(16)9-15/h5-6,8,11H,2-4,7,9H2,1H3. The summed E-state index contributed by atoms with van der Waals surface area (Å²) in [6.07, 6.45) is 3.02. The number of hydrogen-bond donors (Lipinski definition) is 0. The Morgan fingerprint density at radius 3 is 2.90 bits per heavy atom. The minimum absolute atomic E-state index is 0.146. The van der Waals surface area contributed by atoms with E-state index < -0.39 is 4.92 Å². The molecule has 1 aromatic carbocycles. The van der Waals surface area contributed by atoms with Crippen LogP contribution in [0.3, 0.4) is 0 Å². The molecule has 0 aliphatic carbocycles. The van der Waals surface area contributed by atoms with Crippen molar-refractivity contribution in [3.8, 4) is 5.75 Å². The Labute approximate surface area is 131 Å². The molecule has 0 aromatic heterocycles. The highest BCUT2D eigenvalue weighted by atomic mass is 79.9. The molecule has 1 aliphatic rings. The van der Waals surface area contributed by atoms with E-state index in [9.17, 15) is 14.9 Å². The number of carbonyl (C=O) groups excluding carboxylic acids is 1. The van der Waals surface area contributed by atoms with E-state index in [1.807, 2.05) is 0 Å². The molecule has 1 fully saturated rings. The Bertz CT molecular complexity index is 550. The van der Waals surface area contributed by atoms with E-state index in [2.05, 4.69) is 15.9 Å².